The summed E-state index contributed by atoms with van der Waals surface area (Å²) in [5, 5.41) is 0. The van der Waals surface area contributed by atoms with Crippen LogP contribution < -0.4 is 0 Å². The fourth-order valence-electron chi connectivity index (χ4n) is 1.08. The Bertz CT molecular complexity index is 239. The fraction of sp³-hybridized carbons (Fsp3) is 0.200. The van der Waals surface area contributed by atoms with Crippen molar-refractivity contribution >= 4 is 0 Å². The molecule has 1 heteroatoms. The molecule has 11 heavy (non-hydrogen) atoms. The fourth-order valence-corrected chi connectivity index (χ4v) is 2.35. The van der Waals surface area contributed by atoms with E-state index in [2.05, 4.69) is 36.5 Å². The van der Waals surface area contributed by atoms with E-state index in [0.29, 0.717) is 0 Å². The van der Waals surface area contributed by atoms with Crippen LogP contribution in [0.2, 0.25) is 0 Å². The van der Waals surface area contributed by atoms with Gasteiger partial charge in [0.2, 0.25) is 0 Å². The van der Waals surface area contributed by atoms with Crippen LogP contribution in [0.15, 0.2) is 45.5 Å². The number of allylic oxidation sites excluding steroid dienone is 8. The van der Waals surface area contributed by atoms with Crippen molar-refractivity contribution in [3.8, 4) is 0 Å². The Balaban J connectivity index is 1.91. The number of hydrogen-bond acceptors (Lipinski definition) is 0. The minimum atomic E-state index is 1.15. The Labute approximate surface area is 73.4 Å². The number of hydrogen-bond donors (Lipinski definition) is 0. The molecule has 2 aliphatic carbocycles. The molecule has 0 N–H and O–H groups in total. The second-order valence-electron chi connectivity index (χ2n) is 2.52. The summed E-state index contributed by atoms with van der Waals surface area (Å²) < 4.78 is 3.05. The molecule has 0 aliphatic heterocycles. The zero-order valence-corrected chi connectivity index (χ0v) is 7.25. The zero-order valence-electron chi connectivity index (χ0n) is 6.21. The van der Waals surface area contributed by atoms with Crippen molar-refractivity contribution in [1.82, 2.24) is 0 Å². The molecule has 0 amide bonds. The van der Waals surface area contributed by atoms with Crippen LogP contribution in [-0.4, -0.2) is 0 Å². The summed E-state index contributed by atoms with van der Waals surface area (Å²) in [6, 6.07) is 0. The summed E-state index contributed by atoms with van der Waals surface area (Å²) >= 11 is 1.45. The maximum absolute atomic E-state index is 2.22. The van der Waals surface area contributed by atoms with Gasteiger partial charge in [-0.3, -0.25) is 0 Å². The summed E-state index contributed by atoms with van der Waals surface area (Å²) in [6.45, 7) is 0. The van der Waals surface area contributed by atoms with E-state index >= 15 is 0 Å². The third-order valence-electron chi connectivity index (χ3n) is 1.63. The summed E-state index contributed by atoms with van der Waals surface area (Å²) in [7, 11) is 0. The van der Waals surface area contributed by atoms with Gasteiger partial charge in [0, 0.05) is 0 Å². The Hall–Kier alpha value is -0.534. The van der Waals surface area contributed by atoms with Gasteiger partial charge in [-0.15, -0.1) is 0 Å². The minimum absolute atomic E-state index is 1.15. The Morgan fingerprint density at radius 3 is 1.82 bits per heavy atom. The van der Waals surface area contributed by atoms with Crippen LogP contribution in [0.1, 0.15) is 12.8 Å². The van der Waals surface area contributed by atoms with Crippen molar-refractivity contribution in [2.45, 2.75) is 12.8 Å². The normalized spacial score (nSPS) is 21.1. The van der Waals surface area contributed by atoms with Gasteiger partial charge in [0.1, 0.15) is 0 Å². The van der Waals surface area contributed by atoms with E-state index < -0.39 is 0 Å². The van der Waals surface area contributed by atoms with Gasteiger partial charge in [0.15, 0.2) is 0 Å². The quantitative estimate of drug-likeness (QED) is 0.626. The van der Waals surface area contributed by atoms with E-state index in [1.54, 1.807) is 0 Å². The molecule has 0 saturated heterocycles. The predicted molar refractivity (Wildman–Crippen MR) is 43.7 cm³/mol. The first-order valence-electron chi connectivity index (χ1n) is 3.77. The molecule has 2 rings (SSSR count). The summed E-state index contributed by atoms with van der Waals surface area (Å²) in [5.41, 5.74) is 0. The molecule has 0 nitrogen and oxygen atoms in total. The average Bonchev–Trinajstić information content (AvgIpc) is 2.60. The molecule has 0 bridgehead atoms. The molecule has 0 fully saturated rings. The van der Waals surface area contributed by atoms with Crippen molar-refractivity contribution in [3.05, 3.63) is 45.5 Å². The van der Waals surface area contributed by atoms with Crippen LogP contribution >= 0.6 is 0 Å². The van der Waals surface area contributed by atoms with E-state index in [1.807, 2.05) is 0 Å². The average molecular weight is 189 g/mol. The van der Waals surface area contributed by atoms with Crippen LogP contribution in [-0.2, 0) is 14.7 Å². The second-order valence-corrected chi connectivity index (χ2v) is 4.12. The third kappa shape index (κ3) is 1.73. The summed E-state index contributed by atoms with van der Waals surface area (Å²) in [6.07, 6.45) is 15.5. The molecular weight excluding hydrogens is 179 g/mol. The van der Waals surface area contributed by atoms with Crippen LogP contribution in [0.5, 0.6) is 0 Å². The van der Waals surface area contributed by atoms with Crippen molar-refractivity contribution in [3.63, 3.8) is 0 Å². The summed E-state index contributed by atoms with van der Waals surface area (Å²) in [5.74, 6) is 0. The van der Waals surface area contributed by atoms with Crippen LogP contribution in [0, 0.1) is 0 Å². The SMILES string of the molecule is C1=CC[C]([Co][C]2=CC=CC2)=C1. The molecule has 0 saturated carbocycles. The van der Waals surface area contributed by atoms with Gasteiger partial charge in [-0.1, -0.05) is 0 Å². The van der Waals surface area contributed by atoms with Gasteiger partial charge in [0.05, 0.1) is 0 Å². The Kier molecular flexibility index (Phi) is 2.10. The first kappa shape index (κ1) is 7.13. The van der Waals surface area contributed by atoms with Crippen molar-refractivity contribution in [1.29, 1.82) is 0 Å². The predicted octanol–water partition coefficient (Wildman–Crippen LogP) is 2.76. The van der Waals surface area contributed by atoms with Crippen LogP contribution in [0.25, 0.3) is 0 Å². The molecule has 0 aromatic carbocycles. The molecule has 2 aliphatic rings. The van der Waals surface area contributed by atoms with E-state index in [1.165, 1.54) is 23.7 Å². The topological polar surface area (TPSA) is 0 Å². The molecule has 59 valence electrons. The van der Waals surface area contributed by atoms with Crippen molar-refractivity contribution in [2.24, 2.45) is 0 Å². The van der Waals surface area contributed by atoms with Crippen molar-refractivity contribution in [2.75, 3.05) is 0 Å². The molecule has 0 aromatic rings. The van der Waals surface area contributed by atoms with Gasteiger partial charge in [0.25, 0.3) is 0 Å². The Morgan fingerprint density at radius 1 is 0.909 bits per heavy atom. The standard InChI is InChI=1S/2C5H5.Co/c2*1-2-4-5-3-1;/h2*1-3H,4H2;. The van der Waals surface area contributed by atoms with Gasteiger partial charge in [-0.05, 0) is 0 Å². The third-order valence-corrected chi connectivity index (χ3v) is 3.07. The van der Waals surface area contributed by atoms with Crippen molar-refractivity contribution < 1.29 is 14.7 Å². The van der Waals surface area contributed by atoms with E-state index in [-0.39, 0.29) is 0 Å². The van der Waals surface area contributed by atoms with Gasteiger partial charge >= 0.3 is 73.0 Å². The molecule has 0 atom stereocenters. The van der Waals surface area contributed by atoms with Gasteiger partial charge < -0.3 is 0 Å². The first-order valence-corrected chi connectivity index (χ1v) is 4.81. The molecule has 0 heterocycles. The van der Waals surface area contributed by atoms with E-state index in [0.717, 1.165) is 12.8 Å². The van der Waals surface area contributed by atoms with Crippen LogP contribution in [0.4, 0.5) is 0 Å². The van der Waals surface area contributed by atoms with Gasteiger partial charge in [-0.25, -0.2) is 0 Å². The molecule has 0 unspecified atom stereocenters. The second kappa shape index (κ2) is 3.24. The molecule has 0 radical (unpaired) electrons. The molecule has 0 spiro atoms. The molecule has 0 aromatic heterocycles. The Morgan fingerprint density at radius 2 is 1.45 bits per heavy atom. The van der Waals surface area contributed by atoms with Gasteiger partial charge in [-0.2, -0.15) is 0 Å². The molecular formula is C10H10Co. The summed E-state index contributed by atoms with van der Waals surface area (Å²) in [4.78, 5) is 0. The van der Waals surface area contributed by atoms with Crippen LogP contribution in [0.3, 0.4) is 0 Å². The monoisotopic (exact) mass is 189 g/mol. The maximum atomic E-state index is 2.22. The zero-order chi connectivity index (χ0) is 7.52. The first-order chi connectivity index (χ1) is 5.45. The van der Waals surface area contributed by atoms with E-state index in [9.17, 15) is 0 Å². The number of rotatable bonds is 2. The van der Waals surface area contributed by atoms with E-state index in [4.69, 9.17) is 0 Å².